The van der Waals surface area contributed by atoms with E-state index in [4.69, 9.17) is 5.73 Å². The summed E-state index contributed by atoms with van der Waals surface area (Å²) in [6.07, 6.45) is 6.94. The summed E-state index contributed by atoms with van der Waals surface area (Å²) in [5.74, 6) is 0.225. The fraction of sp³-hybridized carbons (Fsp3) is 0.150. The Morgan fingerprint density at radius 1 is 1.00 bits per heavy atom. The van der Waals surface area contributed by atoms with Gasteiger partial charge in [-0.25, -0.2) is 14.8 Å². The number of benzene rings is 1. The summed E-state index contributed by atoms with van der Waals surface area (Å²) in [6, 6.07) is 5.89. The average molecular weight is 386 g/mol. The molecule has 29 heavy (non-hydrogen) atoms. The second-order valence-electron chi connectivity index (χ2n) is 7.00. The van der Waals surface area contributed by atoms with Crippen LogP contribution >= 0.6 is 0 Å². The number of imidazole rings is 1. The normalized spacial score (nSPS) is 11.6. The van der Waals surface area contributed by atoms with E-state index in [9.17, 15) is 4.79 Å². The van der Waals surface area contributed by atoms with Gasteiger partial charge in [-0.2, -0.15) is 5.10 Å². The number of rotatable bonds is 2. The van der Waals surface area contributed by atoms with Gasteiger partial charge < -0.3 is 5.73 Å². The lowest BCUT2D eigenvalue weighted by Crippen LogP contribution is -2.21. The predicted molar refractivity (Wildman–Crippen MR) is 111 cm³/mol. The molecule has 0 fully saturated rings. The van der Waals surface area contributed by atoms with Gasteiger partial charge in [-0.15, -0.1) is 0 Å². The van der Waals surface area contributed by atoms with Gasteiger partial charge in [-0.05, 0) is 24.6 Å². The third-order valence-electron chi connectivity index (χ3n) is 5.12. The van der Waals surface area contributed by atoms with Crippen molar-refractivity contribution >= 4 is 27.9 Å². The fourth-order valence-electron chi connectivity index (χ4n) is 3.69. The molecule has 0 unspecified atom stereocenters. The Balaban J connectivity index is 1.89. The number of aromatic nitrogens is 7. The van der Waals surface area contributed by atoms with Crippen LogP contribution in [0.4, 0.5) is 5.95 Å². The number of aryl methyl sites for hydroxylation is 3. The maximum absolute atomic E-state index is 13.1. The highest BCUT2D eigenvalue weighted by Gasteiger charge is 2.19. The topological polar surface area (TPSA) is 109 Å². The van der Waals surface area contributed by atoms with Crippen LogP contribution in [0.25, 0.3) is 38.8 Å². The van der Waals surface area contributed by atoms with Crippen molar-refractivity contribution in [3.8, 4) is 16.8 Å². The number of hydrogen-bond acceptors (Lipinski definition) is 6. The van der Waals surface area contributed by atoms with Gasteiger partial charge in [0.1, 0.15) is 0 Å². The number of pyridine rings is 1. The average Bonchev–Trinajstić information content (AvgIpc) is 3.17. The molecule has 0 aliphatic carbocycles. The summed E-state index contributed by atoms with van der Waals surface area (Å²) in [7, 11) is 3.59. The Labute approximate surface area is 165 Å². The van der Waals surface area contributed by atoms with Crippen molar-refractivity contribution in [2.45, 2.75) is 6.92 Å². The van der Waals surface area contributed by atoms with Crippen molar-refractivity contribution in [2.75, 3.05) is 5.73 Å². The Morgan fingerprint density at radius 2 is 1.76 bits per heavy atom. The highest BCUT2D eigenvalue weighted by atomic mass is 16.1. The molecule has 0 atom stereocenters. The second-order valence-corrected chi connectivity index (χ2v) is 7.00. The van der Waals surface area contributed by atoms with Crippen LogP contribution in [0.3, 0.4) is 0 Å². The van der Waals surface area contributed by atoms with Gasteiger partial charge in [0.25, 0.3) is 0 Å². The lowest BCUT2D eigenvalue weighted by atomic mass is 10.1. The van der Waals surface area contributed by atoms with E-state index in [1.807, 2.05) is 38.4 Å². The maximum Gasteiger partial charge on any atom is 0.333 e. The zero-order valence-electron chi connectivity index (χ0n) is 16.2. The van der Waals surface area contributed by atoms with Gasteiger partial charge in [0.05, 0.1) is 34.1 Å². The van der Waals surface area contributed by atoms with E-state index in [1.54, 1.807) is 39.5 Å². The van der Waals surface area contributed by atoms with Crippen LogP contribution in [0.15, 0.2) is 47.8 Å². The molecule has 0 radical (unpaired) electrons. The van der Waals surface area contributed by atoms with Crippen LogP contribution in [-0.2, 0) is 14.1 Å². The summed E-state index contributed by atoms with van der Waals surface area (Å²) in [5, 5.41) is 5.26. The Hall–Kier alpha value is -4.01. The van der Waals surface area contributed by atoms with Crippen LogP contribution < -0.4 is 11.4 Å². The molecule has 0 saturated carbocycles. The first-order chi connectivity index (χ1) is 13.9. The van der Waals surface area contributed by atoms with E-state index >= 15 is 0 Å². The highest BCUT2D eigenvalue weighted by molar-refractivity contribution is 6.04. The van der Waals surface area contributed by atoms with E-state index < -0.39 is 0 Å². The predicted octanol–water partition coefficient (Wildman–Crippen LogP) is 1.96. The molecule has 4 aromatic heterocycles. The Morgan fingerprint density at radius 3 is 2.45 bits per heavy atom. The van der Waals surface area contributed by atoms with Crippen molar-refractivity contribution in [3.63, 3.8) is 0 Å². The molecule has 1 aromatic carbocycles. The number of hydrogen-bond donors (Lipinski definition) is 1. The molecule has 0 aliphatic rings. The highest BCUT2D eigenvalue weighted by Crippen LogP contribution is 2.29. The quantitative estimate of drug-likeness (QED) is 0.497. The Kier molecular flexibility index (Phi) is 3.54. The largest absolute Gasteiger partial charge is 0.368 e. The van der Waals surface area contributed by atoms with Crippen molar-refractivity contribution in [1.29, 1.82) is 0 Å². The van der Waals surface area contributed by atoms with Crippen molar-refractivity contribution < 1.29 is 0 Å². The zero-order chi connectivity index (χ0) is 20.3. The minimum Gasteiger partial charge on any atom is -0.368 e. The molecule has 9 nitrogen and oxygen atoms in total. The van der Waals surface area contributed by atoms with Gasteiger partial charge in [-0.3, -0.25) is 18.8 Å². The molecular weight excluding hydrogens is 368 g/mol. The van der Waals surface area contributed by atoms with Crippen molar-refractivity contribution in [2.24, 2.45) is 14.1 Å². The lowest BCUT2D eigenvalue weighted by molar-refractivity contribution is 0.756. The minimum absolute atomic E-state index is 0.147. The third kappa shape index (κ3) is 2.51. The first-order valence-electron chi connectivity index (χ1n) is 9.03. The molecule has 5 rings (SSSR count). The summed E-state index contributed by atoms with van der Waals surface area (Å²) in [6.45, 7) is 1.89. The first-order valence-corrected chi connectivity index (χ1v) is 9.03. The number of nitrogens with zero attached hydrogens (tertiary/aromatic N) is 7. The SMILES string of the molecule is Cc1nn(C)cc1-n1c(=O)n(C)c2cnc3ccc(-c4cnc(N)nc4)cc3c21. The monoisotopic (exact) mass is 386 g/mol. The molecule has 9 heteroatoms. The van der Waals surface area contributed by atoms with Gasteiger partial charge >= 0.3 is 5.69 Å². The Bertz CT molecular complexity index is 1460. The molecule has 5 aromatic rings. The van der Waals surface area contributed by atoms with Crippen LogP contribution in [-0.4, -0.2) is 33.9 Å². The first kappa shape index (κ1) is 17.1. The number of nitrogens with two attached hydrogens (primary N) is 1. The molecule has 0 bridgehead atoms. The van der Waals surface area contributed by atoms with Gasteiger partial charge in [-0.1, -0.05) is 6.07 Å². The van der Waals surface area contributed by atoms with E-state index in [0.29, 0.717) is 0 Å². The summed E-state index contributed by atoms with van der Waals surface area (Å²) < 4.78 is 5.01. The molecule has 0 saturated heterocycles. The third-order valence-corrected chi connectivity index (χ3v) is 5.12. The van der Waals surface area contributed by atoms with Gasteiger partial charge in [0.15, 0.2) is 0 Å². The molecule has 0 amide bonds. The summed E-state index contributed by atoms with van der Waals surface area (Å²) >= 11 is 0. The molecule has 4 heterocycles. The number of nitrogen functional groups attached to an aromatic ring is 1. The van der Waals surface area contributed by atoms with Crippen molar-refractivity contribution in [3.05, 3.63) is 59.2 Å². The van der Waals surface area contributed by atoms with Gasteiger partial charge in [0, 0.05) is 43.6 Å². The smallest absolute Gasteiger partial charge is 0.333 e. The molecule has 0 spiro atoms. The van der Waals surface area contributed by atoms with E-state index in [1.165, 1.54) is 0 Å². The molecule has 144 valence electrons. The van der Waals surface area contributed by atoms with Crippen LogP contribution in [0.1, 0.15) is 5.69 Å². The van der Waals surface area contributed by atoms with Crippen LogP contribution in [0, 0.1) is 6.92 Å². The second kappa shape index (κ2) is 5.99. The standard InChI is InChI=1S/C20H18N8O/c1-11-17(10-26(2)25-11)28-18-14-6-12(13-7-23-19(21)24-8-13)4-5-15(14)22-9-16(18)27(3)20(28)29/h4-10H,1-3H3,(H2,21,23,24). The number of fused-ring (bicyclic) bond motifs is 3. The van der Waals surface area contributed by atoms with Gasteiger partial charge in [0.2, 0.25) is 5.95 Å². The number of anilines is 1. The van der Waals surface area contributed by atoms with Crippen LogP contribution in [0.5, 0.6) is 0 Å². The van der Waals surface area contributed by atoms with E-state index in [0.717, 1.165) is 44.4 Å². The zero-order valence-corrected chi connectivity index (χ0v) is 16.2. The lowest BCUT2D eigenvalue weighted by Gasteiger charge is -2.07. The minimum atomic E-state index is -0.147. The molecular formula is C20H18N8O. The van der Waals surface area contributed by atoms with E-state index in [-0.39, 0.29) is 11.6 Å². The van der Waals surface area contributed by atoms with Crippen LogP contribution in [0.2, 0.25) is 0 Å². The fourth-order valence-corrected chi connectivity index (χ4v) is 3.69. The molecule has 0 aliphatic heterocycles. The summed E-state index contributed by atoms with van der Waals surface area (Å²) in [5.41, 5.74) is 11.1. The summed E-state index contributed by atoms with van der Waals surface area (Å²) in [4.78, 5) is 25.8. The van der Waals surface area contributed by atoms with E-state index in [2.05, 4.69) is 20.1 Å². The molecule has 2 N–H and O–H groups in total. The maximum atomic E-state index is 13.1. The van der Waals surface area contributed by atoms with Crippen molar-refractivity contribution in [1.82, 2.24) is 33.9 Å².